The van der Waals surface area contributed by atoms with E-state index in [9.17, 15) is 29.7 Å². The van der Waals surface area contributed by atoms with Crippen LogP contribution in [0.4, 0.5) is 0 Å². The number of fused-ring (bicyclic) bond motifs is 1. The van der Waals surface area contributed by atoms with Crippen LogP contribution in [0, 0.1) is 17.8 Å². The number of aliphatic hydroxyl groups excluding tert-OH is 3. The molecule has 2 heterocycles. The van der Waals surface area contributed by atoms with E-state index >= 15 is 0 Å². The second-order valence-corrected chi connectivity index (χ2v) is 12.4. The van der Waals surface area contributed by atoms with Gasteiger partial charge >= 0.3 is 5.97 Å². The minimum absolute atomic E-state index is 0.0298. The molecule has 1 aromatic heterocycles. The lowest BCUT2D eigenvalue weighted by molar-refractivity contribution is -0.141. The fourth-order valence-corrected chi connectivity index (χ4v) is 6.92. The number of carboxylic acids is 1. The average molecular weight is 658 g/mol. The van der Waals surface area contributed by atoms with Gasteiger partial charge in [-0.2, -0.15) is 0 Å². The van der Waals surface area contributed by atoms with Crippen molar-refractivity contribution in [3.63, 3.8) is 0 Å². The Hall–Kier alpha value is -4.51. The van der Waals surface area contributed by atoms with Crippen molar-refractivity contribution in [1.29, 1.82) is 0 Å². The molecule has 1 fully saturated rings. The van der Waals surface area contributed by atoms with Gasteiger partial charge in [0.1, 0.15) is 30.5 Å². The van der Waals surface area contributed by atoms with Crippen LogP contribution in [0.5, 0.6) is 5.75 Å². The number of carbonyl (C=O) groups is 3. The Balaban J connectivity index is 1.40. The first-order valence-corrected chi connectivity index (χ1v) is 16.5. The zero-order chi connectivity index (χ0) is 34.0. The summed E-state index contributed by atoms with van der Waals surface area (Å²) in [6.07, 6.45) is 3.30. The summed E-state index contributed by atoms with van der Waals surface area (Å²) in [7, 11) is 0. The summed E-state index contributed by atoms with van der Waals surface area (Å²) in [6.45, 7) is -0.369. The molecule has 0 saturated carbocycles. The van der Waals surface area contributed by atoms with Crippen molar-refractivity contribution >= 4 is 29.4 Å². The highest BCUT2D eigenvalue weighted by Gasteiger charge is 2.54. The molecule has 0 spiro atoms. The Morgan fingerprint density at radius 3 is 2.33 bits per heavy atom. The summed E-state index contributed by atoms with van der Waals surface area (Å²) < 4.78 is 11.8. The van der Waals surface area contributed by atoms with Gasteiger partial charge in [0.05, 0.1) is 24.5 Å². The normalized spacial score (nSPS) is 20.3. The lowest BCUT2D eigenvalue weighted by Gasteiger charge is -2.36. The monoisotopic (exact) mass is 657 g/mol. The SMILES string of the molecule is O=C(O)CCCCCN1C(=O)[C@@H]2[C@@H](CC(COc3ccccc3)=C([C@H](O)CC/C(=C/c3ccc(CO)o3)c3ccccc3)[C@@H]2CO)C1=O. The Kier molecular flexibility index (Phi) is 12.0. The molecule has 1 aliphatic carbocycles. The number of hydrogen-bond donors (Lipinski definition) is 4. The van der Waals surface area contributed by atoms with Crippen LogP contribution in [0.15, 0.2) is 88.4 Å². The molecular weight excluding hydrogens is 614 g/mol. The predicted molar refractivity (Wildman–Crippen MR) is 178 cm³/mol. The number of allylic oxidation sites excluding steroid dienone is 1. The van der Waals surface area contributed by atoms with Gasteiger partial charge in [-0.25, -0.2) is 0 Å². The Labute approximate surface area is 280 Å². The van der Waals surface area contributed by atoms with Crippen LogP contribution >= 0.6 is 0 Å². The van der Waals surface area contributed by atoms with Gasteiger partial charge in [0.2, 0.25) is 11.8 Å². The molecular formula is C38H43NO9. The summed E-state index contributed by atoms with van der Waals surface area (Å²) in [5.74, 6) is -2.19. The number of carbonyl (C=O) groups excluding carboxylic acids is 2. The second kappa shape index (κ2) is 16.5. The van der Waals surface area contributed by atoms with E-state index < -0.39 is 36.4 Å². The molecule has 0 unspecified atom stereocenters. The number of ether oxygens (including phenoxy) is 1. The molecule has 1 saturated heterocycles. The number of amides is 2. The van der Waals surface area contributed by atoms with E-state index in [1.807, 2.05) is 66.7 Å². The summed E-state index contributed by atoms with van der Waals surface area (Å²) in [5.41, 5.74) is 3.06. The first kappa shape index (κ1) is 34.8. The standard InChI is InChI=1S/C38H43NO9/c40-22-30-17-16-29(48-30)20-26(25-10-4-1-5-11-25)15-18-33(42)35-27(24-47-28-12-6-2-7-13-28)21-31-36(32(35)23-41)38(46)39(37(31)45)19-9-3-8-14-34(43)44/h1-2,4-7,10-13,16-17,20,31-33,36,40-42H,3,8-9,14-15,18-19,21-24H2,(H,43,44)/b26-20-/t31-,32+,33-,36-/m1/s1. The third kappa shape index (κ3) is 8.31. The van der Waals surface area contributed by atoms with Crippen LogP contribution < -0.4 is 4.74 Å². The van der Waals surface area contributed by atoms with E-state index in [-0.39, 0.29) is 50.8 Å². The van der Waals surface area contributed by atoms with Gasteiger partial charge in [0.15, 0.2) is 0 Å². The number of benzene rings is 2. The fraction of sp³-hybridized carbons (Fsp3) is 0.395. The lowest BCUT2D eigenvalue weighted by Crippen LogP contribution is -2.40. The smallest absolute Gasteiger partial charge is 0.303 e. The molecule has 4 atom stereocenters. The number of carboxylic acid groups (broad SMARTS) is 1. The Morgan fingerprint density at radius 2 is 1.67 bits per heavy atom. The van der Waals surface area contributed by atoms with Gasteiger partial charge in [-0.3, -0.25) is 19.3 Å². The molecule has 10 heteroatoms. The van der Waals surface area contributed by atoms with Gasteiger partial charge < -0.3 is 29.6 Å². The number of aliphatic hydroxyl groups is 3. The number of aliphatic carboxylic acids is 1. The predicted octanol–water partition coefficient (Wildman–Crippen LogP) is 5.09. The van der Waals surface area contributed by atoms with Crippen molar-refractivity contribution in [3.8, 4) is 5.75 Å². The molecule has 0 bridgehead atoms. The van der Waals surface area contributed by atoms with E-state index in [1.165, 1.54) is 4.90 Å². The number of hydrogen-bond acceptors (Lipinski definition) is 8. The fourth-order valence-electron chi connectivity index (χ4n) is 6.92. The number of para-hydroxylation sites is 1. The molecule has 2 amide bonds. The van der Waals surface area contributed by atoms with Crippen LogP contribution in [0.1, 0.15) is 62.0 Å². The highest BCUT2D eigenvalue weighted by molar-refractivity contribution is 6.05. The van der Waals surface area contributed by atoms with Crippen LogP contribution in [-0.2, 0) is 21.0 Å². The molecule has 2 aromatic carbocycles. The highest BCUT2D eigenvalue weighted by atomic mass is 16.5. The number of rotatable bonds is 17. The molecule has 0 radical (unpaired) electrons. The molecule has 4 N–H and O–H groups in total. The van der Waals surface area contributed by atoms with Gasteiger partial charge in [-0.05, 0) is 84.7 Å². The Bertz CT molecular complexity index is 1610. The zero-order valence-electron chi connectivity index (χ0n) is 26.9. The Morgan fingerprint density at radius 1 is 0.938 bits per heavy atom. The van der Waals surface area contributed by atoms with Crippen molar-refractivity contribution < 1.29 is 44.0 Å². The summed E-state index contributed by atoms with van der Waals surface area (Å²) >= 11 is 0. The molecule has 10 nitrogen and oxygen atoms in total. The van der Waals surface area contributed by atoms with Crippen molar-refractivity contribution in [2.24, 2.45) is 17.8 Å². The zero-order valence-corrected chi connectivity index (χ0v) is 26.9. The number of furan rings is 1. The largest absolute Gasteiger partial charge is 0.489 e. The van der Waals surface area contributed by atoms with Crippen molar-refractivity contribution in [1.82, 2.24) is 4.90 Å². The quantitative estimate of drug-likeness (QED) is 0.0882. The minimum Gasteiger partial charge on any atom is -0.489 e. The maximum absolute atomic E-state index is 13.8. The number of unbranched alkanes of at least 4 members (excludes halogenated alkanes) is 2. The maximum atomic E-state index is 13.8. The summed E-state index contributed by atoms with van der Waals surface area (Å²) in [5, 5.41) is 41.0. The topological polar surface area (TPSA) is 158 Å². The molecule has 254 valence electrons. The third-order valence-corrected chi connectivity index (χ3v) is 9.25. The molecule has 2 aliphatic rings. The summed E-state index contributed by atoms with van der Waals surface area (Å²) in [6, 6.07) is 22.4. The van der Waals surface area contributed by atoms with Gasteiger partial charge in [0, 0.05) is 18.9 Å². The lowest BCUT2D eigenvalue weighted by atomic mass is 9.68. The number of nitrogens with zero attached hydrogens (tertiary/aromatic N) is 1. The highest BCUT2D eigenvalue weighted by Crippen LogP contribution is 2.46. The van der Waals surface area contributed by atoms with Crippen LogP contribution in [0.25, 0.3) is 11.6 Å². The van der Waals surface area contributed by atoms with E-state index in [0.717, 1.165) is 11.1 Å². The van der Waals surface area contributed by atoms with Crippen molar-refractivity contribution in [2.75, 3.05) is 19.8 Å². The van der Waals surface area contributed by atoms with Crippen LogP contribution in [0.2, 0.25) is 0 Å². The van der Waals surface area contributed by atoms with Gasteiger partial charge in [-0.1, -0.05) is 55.0 Å². The molecule has 1 aliphatic heterocycles. The minimum atomic E-state index is -1.04. The molecule has 5 rings (SSSR count). The number of likely N-dealkylation sites (tertiary alicyclic amines) is 1. The van der Waals surface area contributed by atoms with Gasteiger partial charge in [0.25, 0.3) is 0 Å². The second-order valence-electron chi connectivity index (χ2n) is 12.4. The van der Waals surface area contributed by atoms with Crippen LogP contribution in [-0.4, -0.2) is 69.0 Å². The first-order chi connectivity index (χ1) is 23.3. The summed E-state index contributed by atoms with van der Waals surface area (Å²) in [4.78, 5) is 39.5. The van der Waals surface area contributed by atoms with E-state index in [2.05, 4.69) is 0 Å². The van der Waals surface area contributed by atoms with E-state index in [1.54, 1.807) is 12.1 Å². The van der Waals surface area contributed by atoms with E-state index in [0.29, 0.717) is 54.1 Å². The first-order valence-electron chi connectivity index (χ1n) is 16.5. The molecule has 48 heavy (non-hydrogen) atoms. The maximum Gasteiger partial charge on any atom is 0.303 e. The van der Waals surface area contributed by atoms with Gasteiger partial charge in [-0.15, -0.1) is 0 Å². The van der Waals surface area contributed by atoms with E-state index in [4.69, 9.17) is 14.3 Å². The van der Waals surface area contributed by atoms with Crippen molar-refractivity contribution in [3.05, 3.63) is 101 Å². The molecule has 3 aromatic rings. The average Bonchev–Trinajstić information content (AvgIpc) is 3.66. The number of imide groups is 1. The third-order valence-electron chi connectivity index (χ3n) is 9.25. The van der Waals surface area contributed by atoms with Crippen LogP contribution in [0.3, 0.4) is 0 Å². The van der Waals surface area contributed by atoms with Crippen molar-refractivity contribution in [2.45, 2.75) is 57.7 Å².